The highest BCUT2D eigenvalue weighted by molar-refractivity contribution is 5.87. The fraction of sp³-hybridized carbons (Fsp3) is 0.500. The van der Waals surface area contributed by atoms with Crippen molar-refractivity contribution < 1.29 is 9.59 Å². The van der Waals surface area contributed by atoms with Gasteiger partial charge in [0.2, 0.25) is 11.8 Å². The molecule has 1 heterocycles. The average Bonchev–Trinajstić information content (AvgIpc) is 2.95. The summed E-state index contributed by atoms with van der Waals surface area (Å²) in [6, 6.07) is 9.83. The van der Waals surface area contributed by atoms with Crippen molar-refractivity contribution in [3.05, 3.63) is 35.9 Å². The predicted octanol–water partition coefficient (Wildman–Crippen LogP) is 1.92. The van der Waals surface area contributed by atoms with Crippen LogP contribution < -0.4 is 5.32 Å². The lowest BCUT2D eigenvalue weighted by molar-refractivity contribution is -0.136. The number of hydrogen-bond donors (Lipinski definition) is 1. The second-order valence-electron chi connectivity index (χ2n) is 5.43. The highest BCUT2D eigenvalue weighted by Crippen LogP contribution is 2.18. The molecular formula is C16H22N2O2. The van der Waals surface area contributed by atoms with Gasteiger partial charge in [-0.2, -0.15) is 0 Å². The summed E-state index contributed by atoms with van der Waals surface area (Å²) in [7, 11) is 0. The van der Waals surface area contributed by atoms with Crippen molar-refractivity contribution in [2.45, 2.75) is 38.6 Å². The Labute approximate surface area is 120 Å². The molecule has 1 N–H and O–H groups in total. The molecule has 1 fully saturated rings. The zero-order chi connectivity index (χ0) is 14.5. The van der Waals surface area contributed by atoms with E-state index in [1.165, 1.54) is 12.5 Å². The number of rotatable bonds is 4. The van der Waals surface area contributed by atoms with Crippen LogP contribution in [-0.4, -0.2) is 35.8 Å². The van der Waals surface area contributed by atoms with Gasteiger partial charge in [0, 0.05) is 20.0 Å². The fourth-order valence-corrected chi connectivity index (χ4v) is 2.69. The first-order chi connectivity index (χ1) is 9.59. The van der Waals surface area contributed by atoms with E-state index >= 15 is 0 Å². The molecular weight excluding hydrogens is 252 g/mol. The predicted molar refractivity (Wildman–Crippen MR) is 78.3 cm³/mol. The van der Waals surface area contributed by atoms with Gasteiger partial charge in [-0.15, -0.1) is 0 Å². The third kappa shape index (κ3) is 3.38. The minimum absolute atomic E-state index is 0.0150. The molecule has 4 nitrogen and oxygen atoms in total. The molecule has 1 saturated heterocycles. The molecule has 2 rings (SSSR count). The summed E-state index contributed by atoms with van der Waals surface area (Å²) >= 11 is 0. The Balaban J connectivity index is 1.87. The van der Waals surface area contributed by atoms with E-state index in [1.807, 2.05) is 18.2 Å². The molecule has 1 aliphatic rings. The Hall–Kier alpha value is -1.84. The molecule has 1 aromatic carbocycles. The molecule has 0 bridgehead atoms. The minimum Gasteiger partial charge on any atom is -0.354 e. The first-order valence-corrected chi connectivity index (χ1v) is 7.19. The molecule has 0 spiro atoms. The van der Waals surface area contributed by atoms with Gasteiger partial charge in [-0.25, -0.2) is 0 Å². The molecule has 2 atom stereocenters. The van der Waals surface area contributed by atoms with E-state index in [9.17, 15) is 9.59 Å². The van der Waals surface area contributed by atoms with Gasteiger partial charge in [0.1, 0.15) is 6.04 Å². The standard InChI is InChI=1S/C16H22N2O2/c1-12(14-7-4-3-5-8-14)11-17-16(20)15-9-6-10-18(15)13(2)19/h3-5,7-8,12,15H,6,9-11H2,1-2H3,(H,17,20)/t12-,15+/m1/s1. The number of benzene rings is 1. The quantitative estimate of drug-likeness (QED) is 0.912. The normalized spacial score (nSPS) is 19.7. The van der Waals surface area contributed by atoms with Gasteiger partial charge in [-0.05, 0) is 24.3 Å². The maximum atomic E-state index is 12.2. The molecule has 4 heteroatoms. The second kappa shape index (κ2) is 6.55. The van der Waals surface area contributed by atoms with Crippen LogP contribution in [0.5, 0.6) is 0 Å². The van der Waals surface area contributed by atoms with E-state index in [4.69, 9.17) is 0 Å². The Morgan fingerprint density at radius 1 is 1.35 bits per heavy atom. The first-order valence-electron chi connectivity index (χ1n) is 7.19. The molecule has 0 radical (unpaired) electrons. The zero-order valence-corrected chi connectivity index (χ0v) is 12.1. The van der Waals surface area contributed by atoms with Crippen molar-refractivity contribution in [3.63, 3.8) is 0 Å². The van der Waals surface area contributed by atoms with Gasteiger partial charge in [0.05, 0.1) is 0 Å². The summed E-state index contributed by atoms with van der Waals surface area (Å²) < 4.78 is 0. The highest BCUT2D eigenvalue weighted by atomic mass is 16.2. The summed E-state index contributed by atoms with van der Waals surface area (Å²) in [6.45, 7) is 4.91. The van der Waals surface area contributed by atoms with E-state index in [-0.39, 0.29) is 23.8 Å². The van der Waals surface area contributed by atoms with Crippen LogP contribution in [-0.2, 0) is 9.59 Å². The molecule has 108 valence electrons. The number of amides is 2. The van der Waals surface area contributed by atoms with Gasteiger partial charge >= 0.3 is 0 Å². The Kier molecular flexibility index (Phi) is 4.77. The van der Waals surface area contributed by atoms with Crippen LogP contribution >= 0.6 is 0 Å². The van der Waals surface area contributed by atoms with Crippen molar-refractivity contribution in [2.75, 3.05) is 13.1 Å². The van der Waals surface area contributed by atoms with E-state index in [1.54, 1.807) is 4.90 Å². The molecule has 0 aliphatic carbocycles. The van der Waals surface area contributed by atoms with E-state index < -0.39 is 0 Å². The summed E-state index contributed by atoms with van der Waals surface area (Å²) in [5, 5.41) is 2.97. The lowest BCUT2D eigenvalue weighted by Crippen LogP contribution is -2.45. The van der Waals surface area contributed by atoms with Crippen LogP contribution in [0.15, 0.2) is 30.3 Å². The number of likely N-dealkylation sites (tertiary alicyclic amines) is 1. The second-order valence-corrected chi connectivity index (χ2v) is 5.43. The van der Waals surface area contributed by atoms with Gasteiger partial charge in [0.15, 0.2) is 0 Å². The Bertz CT molecular complexity index is 473. The molecule has 0 saturated carbocycles. The number of carbonyl (C=O) groups excluding carboxylic acids is 2. The van der Waals surface area contributed by atoms with Gasteiger partial charge in [0.25, 0.3) is 0 Å². The van der Waals surface area contributed by atoms with Crippen LogP contribution in [0, 0.1) is 0 Å². The van der Waals surface area contributed by atoms with Crippen LogP contribution in [0.3, 0.4) is 0 Å². The fourth-order valence-electron chi connectivity index (χ4n) is 2.69. The van der Waals surface area contributed by atoms with Crippen LogP contribution in [0.25, 0.3) is 0 Å². The minimum atomic E-state index is -0.282. The Morgan fingerprint density at radius 2 is 2.05 bits per heavy atom. The third-order valence-electron chi connectivity index (χ3n) is 3.91. The molecule has 1 aliphatic heterocycles. The molecule has 0 aromatic heterocycles. The zero-order valence-electron chi connectivity index (χ0n) is 12.1. The smallest absolute Gasteiger partial charge is 0.242 e. The third-order valence-corrected chi connectivity index (χ3v) is 3.91. The van der Waals surface area contributed by atoms with Crippen LogP contribution in [0.2, 0.25) is 0 Å². The van der Waals surface area contributed by atoms with Crippen molar-refractivity contribution >= 4 is 11.8 Å². The van der Waals surface area contributed by atoms with Crippen molar-refractivity contribution in [1.29, 1.82) is 0 Å². The average molecular weight is 274 g/mol. The monoisotopic (exact) mass is 274 g/mol. The summed E-state index contributed by atoms with van der Waals surface area (Å²) in [4.78, 5) is 25.3. The lowest BCUT2D eigenvalue weighted by atomic mass is 10.0. The highest BCUT2D eigenvalue weighted by Gasteiger charge is 2.32. The topological polar surface area (TPSA) is 49.4 Å². The maximum Gasteiger partial charge on any atom is 0.242 e. The van der Waals surface area contributed by atoms with Crippen molar-refractivity contribution in [1.82, 2.24) is 10.2 Å². The molecule has 20 heavy (non-hydrogen) atoms. The molecule has 1 aromatic rings. The first kappa shape index (κ1) is 14.6. The number of hydrogen-bond acceptors (Lipinski definition) is 2. The lowest BCUT2D eigenvalue weighted by Gasteiger charge is -2.23. The SMILES string of the molecule is CC(=O)N1CCC[C@H]1C(=O)NC[C@@H](C)c1ccccc1. The Morgan fingerprint density at radius 3 is 2.70 bits per heavy atom. The van der Waals surface area contributed by atoms with Gasteiger partial charge in [-0.1, -0.05) is 37.3 Å². The maximum absolute atomic E-state index is 12.2. The van der Waals surface area contributed by atoms with Crippen molar-refractivity contribution in [2.24, 2.45) is 0 Å². The van der Waals surface area contributed by atoms with E-state index in [0.29, 0.717) is 13.1 Å². The van der Waals surface area contributed by atoms with Crippen LogP contribution in [0.1, 0.15) is 38.2 Å². The van der Waals surface area contributed by atoms with E-state index in [0.717, 1.165) is 12.8 Å². The van der Waals surface area contributed by atoms with Gasteiger partial charge in [-0.3, -0.25) is 9.59 Å². The number of nitrogens with zero attached hydrogens (tertiary/aromatic N) is 1. The summed E-state index contributed by atoms with van der Waals surface area (Å²) in [5.74, 6) is 0.228. The summed E-state index contributed by atoms with van der Waals surface area (Å²) in [6.07, 6.45) is 1.68. The number of nitrogens with one attached hydrogen (secondary N) is 1. The largest absolute Gasteiger partial charge is 0.354 e. The van der Waals surface area contributed by atoms with Crippen molar-refractivity contribution in [3.8, 4) is 0 Å². The molecule has 2 amide bonds. The van der Waals surface area contributed by atoms with Gasteiger partial charge < -0.3 is 10.2 Å². The summed E-state index contributed by atoms with van der Waals surface area (Å²) in [5.41, 5.74) is 1.21. The number of carbonyl (C=O) groups is 2. The molecule has 0 unspecified atom stereocenters. The van der Waals surface area contributed by atoms with E-state index in [2.05, 4.69) is 24.4 Å². The van der Waals surface area contributed by atoms with Crippen LogP contribution in [0.4, 0.5) is 0 Å².